The zero-order chi connectivity index (χ0) is 8.93. The topological polar surface area (TPSA) is 0 Å². The standard InChI is InChI=1S/C13H18/c1-2-5-9-12(8-4-1)13-10-6-3-7-11-13/h1-2,4,8-9,13H,3,5-7,10-11H2. The molecular weight excluding hydrogens is 156 g/mol. The fourth-order valence-corrected chi connectivity index (χ4v) is 2.33. The van der Waals surface area contributed by atoms with Crippen molar-refractivity contribution in [1.82, 2.24) is 0 Å². The molecule has 0 aromatic carbocycles. The van der Waals surface area contributed by atoms with Crippen LogP contribution in [-0.2, 0) is 0 Å². The predicted molar refractivity (Wildman–Crippen MR) is 57.6 cm³/mol. The first-order valence-electron chi connectivity index (χ1n) is 5.50. The van der Waals surface area contributed by atoms with Gasteiger partial charge in [0.05, 0.1) is 0 Å². The van der Waals surface area contributed by atoms with Crippen molar-refractivity contribution < 1.29 is 0 Å². The Bertz CT molecular complexity index is 237. The number of allylic oxidation sites excluding steroid dienone is 6. The fraction of sp³-hybridized carbons (Fsp3) is 0.538. The molecule has 0 heterocycles. The molecule has 0 heteroatoms. The molecule has 0 atom stereocenters. The molecule has 0 N–H and O–H groups in total. The van der Waals surface area contributed by atoms with Crippen LogP contribution in [0.4, 0.5) is 0 Å². The summed E-state index contributed by atoms with van der Waals surface area (Å²) in [5.41, 5.74) is 1.59. The van der Waals surface area contributed by atoms with E-state index < -0.39 is 0 Å². The lowest BCUT2D eigenvalue weighted by atomic mass is 9.83. The van der Waals surface area contributed by atoms with Crippen molar-refractivity contribution in [3.8, 4) is 0 Å². The third-order valence-electron chi connectivity index (χ3n) is 3.10. The SMILES string of the molecule is C1=CCC=C(C2CCCCC2)C=C1. The summed E-state index contributed by atoms with van der Waals surface area (Å²) in [5.74, 6) is 0.866. The van der Waals surface area contributed by atoms with Crippen LogP contribution in [0.5, 0.6) is 0 Å². The molecule has 0 bridgehead atoms. The Morgan fingerprint density at radius 2 is 1.85 bits per heavy atom. The summed E-state index contributed by atoms with van der Waals surface area (Å²) in [6, 6.07) is 0. The van der Waals surface area contributed by atoms with Crippen LogP contribution in [0.15, 0.2) is 36.0 Å². The predicted octanol–water partition coefficient (Wildman–Crippen LogP) is 4.01. The summed E-state index contributed by atoms with van der Waals surface area (Å²) < 4.78 is 0. The van der Waals surface area contributed by atoms with E-state index in [1.807, 2.05) is 0 Å². The Balaban J connectivity index is 2.02. The molecule has 0 saturated heterocycles. The van der Waals surface area contributed by atoms with Gasteiger partial charge in [-0.05, 0) is 30.8 Å². The van der Waals surface area contributed by atoms with Crippen molar-refractivity contribution in [2.75, 3.05) is 0 Å². The van der Waals surface area contributed by atoms with Crippen molar-refractivity contribution in [3.05, 3.63) is 36.0 Å². The maximum absolute atomic E-state index is 2.40. The van der Waals surface area contributed by atoms with E-state index >= 15 is 0 Å². The van der Waals surface area contributed by atoms with Gasteiger partial charge >= 0.3 is 0 Å². The van der Waals surface area contributed by atoms with E-state index in [0.717, 1.165) is 12.3 Å². The van der Waals surface area contributed by atoms with Crippen LogP contribution >= 0.6 is 0 Å². The lowest BCUT2D eigenvalue weighted by molar-refractivity contribution is 0.408. The second-order valence-electron chi connectivity index (χ2n) is 4.06. The van der Waals surface area contributed by atoms with Crippen LogP contribution < -0.4 is 0 Å². The van der Waals surface area contributed by atoms with Crippen LogP contribution in [0, 0.1) is 5.92 Å². The minimum Gasteiger partial charge on any atom is -0.0807 e. The van der Waals surface area contributed by atoms with Crippen LogP contribution in [0.25, 0.3) is 0 Å². The van der Waals surface area contributed by atoms with Crippen molar-refractivity contribution in [1.29, 1.82) is 0 Å². The molecular formula is C13H18. The van der Waals surface area contributed by atoms with E-state index in [9.17, 15) is 0 Å². The molecule has 0 aromatic heterocycles. The Labute approximate surface area is 81.0 Å². The molecule has 13 heavy (non-hydrogen) atoms. The van der Waals surface area contributed by atoms with E-state index in [4.69, 9.17) is 0 Å². The van der Waals surface area contributed by atoms with Gasteiger partial charge in [0.1, 0.15) is 0 Å². The molecule has 2 aliphatic rings. The highest BCUT2D eigenvalue weighted by Gasteiger charge is 2.15. The molecule has 0 radical (unpaired) electrons. The lowest BCUT2D eigenvalue weighted by Crippen LogP contribution is -2.07. The van der Waals surface area contributed by atoms with Gasteiger partial charge in [0.25, 0.3) is 0 Å². The average Bonchev–Trinajstić information content (AvgIpc) is 2.47. The summed E-state index contributed by atoms with van der Waals surface area (Å²) in [4.78, 5) is 0. The first-order valence-corrected chi connectivity index (χ1v) is 5.50. The highest BCUT2D eigenvalue weighted by Crippen LogP contribution is 2.31. The molecule has 2 rings (SSSR count). The third kappa shape index (κ3) is 2.33. The number of hydrogen-bond donors (Lipinski definition) is 0. The third-order valence-corrected chi connectivity index (χ3v) is 3.10. The largest absolute Gasteiger partial charge is 0.0807 e. The van der Waals surface area contributed by atoms with Crippen LogP contribution in [0.2, 0.25) is 0 Å². The van der Waals surface area contributed by atoms with Crippen molar-refractivity contribution >= 4 is 0 Å². The van der Waals surface area contributed by atoms with E-state index in [2.05, 4.69) is 30.4 Å². The van der Waals surface area contributed by atoms with E-state index in [0.29, 0.717) is 0 Å². The molecule has 0 aliphatic heterocycles. The lowest BCUT2D eigenvalue weighted by Gasteiger charge is -2.22. The summed E-state index contributed by atoms with van der Waals surface area (Å²) >= 11 is 0. The summed E-state index contributed by atoms with van der Waals surface area (Å²) in [6.45, 7) is 0. The quantitative estimate of drug-likeness (QED) is 0.563. The van der Waals surface area contributed by atoms with E-state index in [1.54, 1.807) is 5.57 Å². The second-order valence-corrected chi connectivity index (χ2v) is 4.06. The van der Waals surface area contributed by atoms with E-state index in [1.165, 1.54) is 32.1 Å². The Kier molecular flexibility index (Phi) is 3.02. The van der Waals surface area contributed by atoms with Crippen molar-refractivity contribution in [2.45, 2.75) is 38.5 Å². The molecule has 0 unspecified atom stereocenters. The van der Waals surface area contributed by atoms with Gasteiger partial charge in [0.15, 0.2) is 0 Å². The van der Waals surface area contributed by atoms with Crippen LogP contribution in [0.1, 0.15) is 38.5 Å². The fourth-order valence-electron chi connectivity index (χ4n) is 2.33. The molecule has 0 nitrogen and oxygen atoms in total. The Hall–Kier alpha value is -0.780. The van der Waals surface area contributed by atoms with Gasteiger partial charge in [-0.1, -0.05) is 49.6 Å². The van der Waals surface area contributed by atoms with Gasteiger partial charge < -0.3 is 0 Å². The summed E-state index contributed by atoms with van der Waals surface area (Å²) in [7, 11) is 0. The van der Waals surface area contributed by atoms with Crippen molar-refractivity contribution in [2.24, 2.45) is 5.92 Å². The van der Waals surface area contributed by atoms with Gasteiger partial charge in [0.2, 0.25) is 0 Å². The maximum atomic E-state index is 2.40. The first-order chi connectivity index (χ1) is 6.47. The van der Waals surface area contributed by atoms with Gasteiger partial charge in [-0.15, -0.1) is 0 Å². The monoisotopic (exact) mass is 174 g/mol. The minimum absolute atomic E-state index is 0.866. The second kappa shape index (κ2) is 4.45. The smallest absolute Gasteiger partial charge is 0.0160 e. The number of rotatable bonds is 1. The highest BCUT2D eigenvalue weighted by atomic mass is 14.2. The summed E-state index contributed by atoms with van der Waals surface area (Å²) in [6.07, 6.45) is 19.5. The van der Waals surface area contributed by atoms with Gasteiger partial charge in [0, 0.05) is 0 Å². The molecule has 0 aromatic rings. The van der Waals surface area contributed by atoms with Gasteiger partial charge in [-0.3, -0.25) is 0 Å². The maximum Gasteiger partial charge on any atom is -0.0160 e. The molecule has 2 aliphatic carbocycles. The number of hydrogen-bond acceptors (Lipinski definition) is 0. The molecule has 0 spiro atoms. The van der Waals surface area contributed by atoms with Gasteiger partial charge in [-0.25, -0.2) is 0 Å². The minimum atomic E-state index is 0.866. The van der Waals surface area contributed by atoms with Gasteiger partial charge in [-0.2, -0.15) is 0 Å². The molecule has 70 valence electrons. The zero-order valence-corrected chi connectivity index (χ0v) is 8.21. The van der Waals surface area contributed by atoms with Crippen LogP contribution in [-0.4, -0.2) is 0 Å². The van der Waals surface area contributed by atoms with Crippen LogP contribution in [0.3, 0.4) is 0 Å². The first kappa shape index (κ1) is 8.80. The highest BCUT2D eigenvalue weighted by molar-refractivity contribution is 5.28. The van der Waals surface area contributed by atoms with E-state index in [-0.39, 0.29) is 0 Å². The zero-order valence-electron chi connectivity index (χ0n) is 8.21. The Morgan fingerprint density at radius 1 is 1.00 bits per heavy atom. The van der Waals surface area contributed by atoms with Crippen molar-refractivity contribution in [3.63, 3.8) is 0 Å². The average molecular weight is 174 g/mol. The normalized spacial score (nSPS) is 24.2. The molecule has 1 fully saturated rings. The Morgan fingerprint density at radius 3 is 2.69 bits per heavy atom. The molecule has 1 saturated carbocycles. The molecule has 0 amide bonds. The summed E-state index contributed by atoms with van der Waals surface area (Å²) in [5, 5.41) is 0.